The molecule has 0 spiro atoms. The highest BCUT2D eigenvalue weighted by Crippen LogP contribution is 2.58. The summed E-state index contributed by atoms with van der Waals surface area (Å²) in [6.07, 6.45) is 0.719. The van der Waals surface area contributed by atoms with Gasteiger partial charge in [0.1, 0.15) is 0 Å². The van der Waals surface area contributed by atoms with E-state index in [4.69, 9.17) is 10.8 Å². The minimum Gasteiger partial charge on any atom is -0.481 e. The molecule has 1 aliphatic rings. The van der Waals surface area contributed by atoms with Crippen LogP contribution in [0.15, 0.2) is 0 Å². The van der Waals surface area contributed by atoms with Crippen LogP contribution in [0.5, 0.6) is 0 Å². The van der Waals surface area contributed by atoms with Crippen molar-refractivity contribution in [3.05, 3.63) is 0 Å². The summed E-state index contributed by atoms with van der Waals surface area (Å²) in [5, 5.41) is 11.6. The first-order valence-electron chi connectivity index (χ1n) is 5.13. The van der Waals surface area contributed by atoms with Crippen LogP contribution in [0.4, 0.5) is 0 Å². The van der Waals surface area contributed by atoms with Crippen LogP contribution in [0.2, 0.25) is 0 Å². The lowest BCUT2D eigenvalue weighted by Crippen LogP contribution is -2.29. The zero-order valence-electron chi connectivity index (χ0n) is 9.12. The van der Waals surface area contributed by atoms with Crippen LogP contribution in [0.3, 0.4) is 0 Å². The number of rotatable bonds is 5. The molecule has 1 rings (SSSR count). The molecule has 5 heteroatoms. The first-order valence-corrected chi connectivity index (χ1v) is 5.13. The molecule has 0 saturated heterocycles. The first kappa shape index (κ1) is 12.0. The topological polar surface area (TPSA) is 92.4 Å². The molecule has 0 heterocycles. The number of hydrogen-bond donors (Lipinski definition) is 3. The van der Waals surface area contributed by atoms with Crippen molar-refractivity contribution in [2.75, 3.05) is 13.1 Å². The van der Waals surface area contributed by atoms with Crippen LogP contribution >= 0.6 is 0 Å². The quantitative estimate of drug-likeness (QED) is 0.553. The third kappa shape index (κ3) is 2.28. The summed E-state index contributed by atoms with van der Waals surface area (Å²) in [5.74, 6) is -2.00. The lowest BCUT2D eigenvalue weighted by Gasteiger charge is -2.04. The molecule has 1 saturated carbocycles. The van der Waals surface area contributed by atoms with Crippen molar-refractivity contribution in [2.45, 2.75) is 20.3 Å². The molecule has 0 aromatic heterocycles. The number of hydrogen-bond acceptors (Lipinski definition) is 3. The summed E-state index contributed by atoms with van der Waals surface area (Å²) in [6, 6.07) is 0. The second-order valence-electron chi connectivity index (χ2n) is 4.55. The van der Waals surface area contributed by atoms with Crippen LogP contribution in [0.1, 0.15) is 20.3 Å². The number of amides is 1. The van der Waals surface area contributed by atoms with E-state index in [1.54, 1.807) is 13.8 Å². The Hall–Kier alpha value is -1.10. The van der Waals surface area contributed by atoms with Gasteiger partial charge < -0.3 is 16.2 Å². The zero-order chi connectivity index (χ0) is 11.6. The highest BCUT2D eigenvalue weighted by Gasteiger charge is 2.65. The molecule has 1 aliphatic carbocycles. The summed E-state index contributed by atoms with van der Waals surface area (Å²) in [4.78, 5) is 22.4. The van der Waals surface area contributed by atoms with Crippen LogP contribution in [-0.2, 0) is 9.59 Å². The Morgan fingerprint density at radius 3 is 2.40 bits per heavy atom. The van der Waals surface area contributed by atoms with Crippen molar-refractivity contribution in [3.8, 4) is 0 Å². The molecular formula is C10H18N2O3. The van der Waals surface area contributed by atoms with Gasteiger partial charge in [-0.2, -0.15) is 0 Å². The maximum atomic E-state index is 11.6. The number of carboxylic acids is 1. The van der Waals surface area contributed by atoms with E-state index < -0.39 is 23.2 Å². The van der Waals surface area contributed by atoms with E-state index >= 15 is 0 Å². The molecular weight excluding hydrogens is 196 g/mol. The van der Waals surface area contributed by atoms with Gasteiger partial charge in [-0.1, -0.05) is 13.8 Å². The summed E-state index contributed by atoms with van der Waals surface area (Å²) in [5.41, 5.74) is 4.87. The highest BCUT2D eigenvalue weighted by atomic mass is 16.4. The lowest BCUT2D eigenvalue weighted by molar-refractivity contribution is -0.140. The molecule has 0 aromatic carbocycles. The molecule has 1 fully saturated rings. The number of carbonyl (C=O) groups is 2. The van der Waals surface area contributed by atoms with E-state index in [-0.39, 0.29) is 5.91 Å². The van der Waals surface area contributed by atoms with E-state index in [1.165, 1.54) is 0 Å². The predicted molar refractivity (Wildman–Crippen MR) is 55.1 cm³/mol. The van der Waals surface area contributed by atoms with E-state index in [2.05, 4.69) is 5.32 Å². The second-order valence-corrected chi connectivity index (χ2v) is 4.55. The molecule has 5 nitrogen and oxygen atoms in total. The van der Waals surface area contributed by atoms with Gasteiger partial charge in [0.2, 0.25) is 5.91 Å². The normalized spacial score (nSPS) is 27.1. The number of carbonyl (C=O) groups excluding carboxylic acids is 1. The summed E-state index contributed by atoms with van der Waals surface area (Å²) in [6.45, 7) is 4.66. The number of aliphatic carboxylic acids is 1. The summed E-state index contributed by atoms with van der Waals surface area (Å²) in [7, 11) is 0. The third-order valence-electron chi connectivity index (χ3n) is 3.06. The van der Waals surface area contributed by atoms with Crippen molar-refractivity contribution in [1.29, 1.82) is 0 Å². The smallest absolute Gasteiger partial charge is 0.307 e. The third-order valence-corrected chi connectivity index (χ3v) is 3.06. The Balaban J connectivity index is 2.45. The van der Waals surface area contributed by atoms with Gasteiger partial charge in [-0.3, -0.25) is 9.59 Å². The maximum absolute atomic E-state index is 11.6. The Labute approximate surface area is 89.0 Å². The molecule has 0 aliphatic heterocycles. The Bertz CT molecular complexity index is 276. The van der Waals surface area contributed by atoms with Crippen LogP contribution in [0.25, 0.3) is 0 Å². The van der Waals surface area contributed by atoms with E-state index in [1.807, 2.05) is 0 Å². The fraction of sp³-hybridized carbons (Fsp3) is 0.800. The lowest BCUT2D eigenvalue weighted by atomic mass is 10.1. The fourth-order valence-corrected chi connectivity index (χ4v) is 2.01. The standard InChI is InChI=1S/C10H18N2O3/c1-10(2)6(7(10)9(14)15)8(13)12-5-3-4-11/h6-7H,3-5,11H2,1-2H3,(H,12,13)(H,14,15). The Morgan fingerprint density at radius 2 is 2.00 bits per heavy atom. The SMILES string of the molecule is CC1(C)C(C(=O)O)C1C(=O)NCCCN. The molecule has 2 unspecified atom stereocenters. The molecule has 86 valence electrons. The van der Waals surface area contributed by atoms with Crippen molar-refractivity contribution in [3.63, 3.8) is 0 Å². The van der Waals surface area contributed by atoms with Gasteiger partial charge in [0.15, 0.2) is 0 Å². The average molecular weight is 214 g/mol. The molecule has 1 amide bonds. The molecule has 15 heavy (non-hydrogen) atoms. The Kier molecular flexibility index (Phi) is 3.34. The van der Waals surface area contributed by atoms with Gasteiger partial charge in [-0.25, -0.2) is 0 Å². The van der Waals surface area contributed by atoms with Gasteiger partial charge in [0.05, 0.1) is 11.8 Å². The van der Waals surface area contributed by atoms with Crippen LogP contribution in [-0.4, -0.2) is 30.1 Å². The number of nitrogens with one attached hydrogen (secondary N) is 1. The molecule has 0 radical (unpaired) electrons. The minimum absolute atomic E-state index is 0.166. The van der Waals surface area contributed by atoms with Gasteiger partial charge in [-0.15, -0.1) is 0 Å². The fourth-order valence-electron chi connectivity index (χ4n) is 2.01. The second kappa shape index (κ2) is 4.18. The van der Waals surface area contributed by atoms with Gasteiger partial charge >= 0.3 is 5.97 Å². The van der Waals surface area contributed by atoms with E-state index in [9.17, 15) is 9.59 Å². The van der Waals surface area contributed by atoms with Crippen LogP contribution < -0.4 is 11.1 Å². The summed E-state index contributed by atoms with van der Waals surface area (Å²) < 4.78 is 0. The van der Waals surface area contributed by atoms with E-state index in [0.717, 1.165) is 6.42 Å². The zero-order valence-corrected chi connectivity index (χ0v) is 9.12. The predicted octanol–water partition coefficient (Wildman–Crippen LogP) is -0.192. The average Bonchev–Trinajstić information content (AvgIpc) is 2.69. The summed E-state index contributed by atoms with van der Waals surface area (Å²) >= 11 is 0. The Morgan fingerprint density at radius 1 is 1.40 bits per heavy atom. The molecule has 4 N–H and O–H groups in total. The van der Waals surface area contributed by atoms with Crippen molar-refractivity contribution < 1.29 is 14.7 Å². The number of carboxylic acid groups (broad SMARTS) is 1. The van der Waals surface area contributed by atoms with Crippen LogP contribution in [0, 0.1) is 17.3 Å². The van der Waals surface area contributed by atoms with Crippen molar-refractivity contribution >= 4 is 11.9 Å². The molecule has 2 atom stereocenters. The molecule has 0 aromatic rings. The monoisotopic (exact) mass is 214 g/mol. The van der Waals surface area contributed by atoms with Crippen molar-refractivity contribution in [2.24, 2.45) is 23.0 Å². The first-order chi connectivity index (χ1) is 6.92. The van der Waals surface area contributed by atoms with Gasteiger partial charge in [0.25, 0.3) is 0 Å². The van der Waals surface area contributed by atoms with Gasteiger partial charge in [0, 0.05) is 6.54 Å². The van der Waals surface area contributed by atoms with Crippen molar-refractivity contribution in [1.82, 2.24) is 5.32 Å². The minimum atomic E-state index is -0.890. The number of nitrogens with two attached hydrogens (primary N) is 1. The maximum Gasteiger partial charge on any atom is 0.307 e. The highest BCUT2D eigenvalue weighted by molar-refractivity contribution is 5.91. The van der Waals surface area contributed by atoms with E-state index in [0.29, 0.717) is 13.1 Å². The molecule has 0 bridgehead atoms. The largest absolute Gasteiger partial charge is 0.481 e. The van der Waals surface area contributed by atoms with Gasteiger partial charge in [-0.05, 0) is 18.4 Å².